The standard InChI is InChI=1S/C13H12ClN5O2/c14-8-3-1-2-7(4-8)12(20)16-11-9-5-19(13(15)21)6-10(9)17-18-11/h1-4H,5-6H2,(H2,15,21)(H2,16,17,18,20). The van der Waals surface area contributed by atoms with Gasteiger partial charge < -0.3 is 16.0 Å². The highest BCUT2D eigenvalue weighted by Gasteiger charge is 2.27. The fourth-order valence-corrected chi connectivity index (χ4v) is 2.40. The van der Waals surface area contributed by atoms with E-state index >= 15 is 0 Å². The van der Waals surface area contributed by atoms with E-state index in [2.05, 4.69) is 15.5 Å². The molecule has 0 spiro atoms. The zero-order chi connectivity index (χ0) is 15.0. The molecular formula is C13H12ClN5O2. The lowest BCUT2D eigenvalue weighted by atomic mass is 10.2. The molecule has 0 unspecified atom stereocenters. The van der Waals surface area contributed by atoms with Crippen LogP contribution >= 0.6 is 11.6 Å². The van der Waals surface area contributed by atoms with Crippen molar-refractivity contribution in [3.05, 3.63) is 46.1 Å². The molecule has 0 saturated heterocycles. The third-order valence-corrected chi connectivity index (χ3v) is 3.51. The Balaban J connectivity index is 1.79. The van der Waals surface area contributed by atoms with Gasteiger partial charge in [0.25, 0.3) is 5.91 Å². The Morgan fingerprint density at radius 1 is 1.38 bits per heavy atom. The molecule has 0 saturated carbocycles. The van der Waals surface area contributed by atoms with Crippen LogP contribution in [-0.2, 0) is 13.1 Å². The molecule has 21 heavy (non-hydrogen) atoms. The first-order valence-corrected chi connectivity index (χ1v) is 6.60. The normalized spacial score (nSPS) is 13.1. The first-order valence-electron chi connectivity index (χ1n) is 6.22. The fourth-order valence-electron chi connectivity index (χ4n) is 2.21. The van der Waals surface area contributed by atoms with Crippen molar-refractivity contribution < 1.29 is 9.59 Å². The lowest BCUT2D eigenvalue weighted by Gasteiger charge is -2.11. The second kappa shape index (κ2) is 5.10. The maximum Gasteiger partial charge on any atom is 0.315 e. The highest BCUT2D eigenvalue weighted by Crippen LogP contribution is 2.27. The van der Waals surface area contributed by atoms with Gasteiger partial charge in [-0.05, 0) is 18.2 Å². The maximum absolute atomic E-state index is 12.2. The van der Waals surface area contributed by atoms with Crippen molar-refractivity contribution >= 4 is 29.4 Å². The number of aromatic amines is 1. The van der Waals surface area contributed by atoms with Gasteiger partial charge in [0, 0.05) is 16.1 Å². The molecule has 3 amide bonds. The van der Waals surface area contributed by atoms with Crippen LogP contribution in [0.25, 0.3) is 0 Å². The van der Waals surface area contributed by atoms with Gasteiger partial charge in [0.2, 0.25) is 0 Å². The van der Waals surface area contributed by atoms with E-state index in [1.165, 1.54) is 4.90 Å². The summed E-state index contributed by atoms with van der Waals surface area (Å²) in [5.41, 5.74) is 7.15. The first kappa shape index (κ1) is 13.4. The van der Waals surface area contributed by atoms with E-state index in [0.717, 1.165) is 5.56 Å². The third-order valence-electron chi connectivity index (χ3n) is 3.28. The van der Waals surface area contributed by atoms with Gasteiger partial charge >= 0.3 is 6.03 Å². The van der Waals surface area contributed by atoms with E-state index in [4.69, 9.17) is 17.3 Å². The molecule has 0 aliphatic carbocycles. The minimum atomic E-state index is -0.514. The van der Waals surface area contributed by atoms with Crippen LogP contribution < -0.4 is 11.1 Å². The molecule has 0 atom stereocenters. The number of primary amides is 1. The highest BCUT2D eigenvalue weighted by atomic mass is 35.5. The van der Waals surface area contributed by atoms with Gasteiger partial charge in [-0.25, -0.2) is 4.79 Å². The Bertz CT molecular complexity index is 727. The number of anilines is 1. The lowest BCUT2D eigenvalue weighted by Crippen LogP contribution is -2.31. The molecule has 108 valence electrons. The summed E-state index contributed by atoms with van der Waals surface area (Å²) in [6, 6.07) is 6.11. The summed E-state index contributed by atoms with van der Waals surface area (Å²) in [6.07, 6.45) is 0. The largest absolute Gasteiger partial charge is 0.351 e. The fraction of sp³-hybridized carbons (Fsp3) is 0.154. The summed E-state index contributed by atoms with van der Waals surface area (Å²) in [5.74, 6) is 0.167. The number of H-pyrrole nitrogens is 1. The quantitative estimate of drug-likeness (QED) is 0.786. The predicted molar refractivity (Wildman–Crippen MR) is 76.8 cm³/mol. The topological polar surface area (TPSA) is 104 Å². The highest BCUT2D eigenvalue weighted by molar-refractivity contribution is 6.31. The number of nitrogens with zero attached hydrogens (tertiary/aromatic N) is 2. The van der Waals surface area contributed by atoms with Crippen LogP contribution in [0.5, 0.6) is 0 Å². The van der Waals surface area contributed by atoms with Gasteiger partial charge in [-0.1, -0.05) is 17.7 Å². The zero-order valence-corrected chi connectivity index (χ0v) is 11.6. The minimum Gasteiger partial charge on any atom is -0.351 e. The number of carbonyl (C=O) groups excluding carboxylic acids is 2. The molecule has 0 radical (unpaired) electrons. The van der Waals surface area contributed by atoms with Crippen LogP contribution in [-0.4, -0.2) is 27.0 Å². The van der Waals surface area contributed by atoms with Crippen LogP contribution in [0.2, 0.25) is 5.02 Å². The molecule has 1 aliphatic rings. The summed E-state index contributed by atoms with van der Waals surface area (Å²) in [7, 11) is 0. The summed E-state index contributed by atoms with van der Waals surface area (Å²) < 4.78 is 0. The number of hydrogen-bond donors (Lipinski definition) is 3. The van der Waals surface area contributed by atoms with Gasteiger partial charge in [0.1, 0.15) is 5.82 Å². The molecule has 1 aliphatic heterocycles. The molecule has 7 nitrogen and oxygen atoms in total. The van der Waals surface area contributed by atoms with E-state index in [9.17, 15) is 9.59 Å². The van der Waals surface area contributed by atoms with Crippen LogP contribution in [0.3, 0.4) is 0 Å². The maximum atomic E-state index is 12.2. The Labute approximate surface area is 125 Å². The Hall–Kier alpha value is -2.54. The van der Waals surface area contributed by atoms with Crippen molar-refractivity contribution in [2.45, 2.75) is 13.1 Å². The zero-order valence-electron chi connectivity index (χ0n) is 10.9. The van der Waals surface area contributed by atoms with Crippen molar-refractivity contribution in [2.24, 2.45) is 5.73 Å². The van der Waals surface area contributed by atoms with Gasteiger partial charge in [0.05, 0.1) is 18.8 Å². The average molecular weight is 306 g/mol. The summed E-state index contributed by atoms with van der Waals surface area (Å²) in [6.45, 7) is 0.667. The minimum absolute atomic E-state index is 0.304. The molecule has 3 rings (SSSR count). The number of aromatic nitrogens is 2. The first-order chi connectivity index (χ1) is 10.0. The molecule has 0 bridgehead atoms. The van der Waals surface area contributed by atoms with Crippen molar-refractivity contribution in [3.63, 3.8) is 0 Å². The molecular weight excluding hydrogens is 294 g/mol. The van der Waals surface area contributed by atoms with Crippen molar-refractivity contribution in [3.8, 4) is 0 Å². The van der Waals surface area contributed by atoms with Gasteiger partial charge in [0.15, 0.2) is 0 Å². The van der Waals surface area contributed by atoms with Crippen molar-refractivity contribution in [2.75, 3.05) is 5.32 Å². The van der Waals surface area contributed by atoms with E-state index in [1.54, 1.807) is 24.3 Å². The van der Waals surface area contributed by atoms with Crippen LogP contribution in [0.15, 0.2) is 24.3 Å². The molecule has 2 aromatic rings. The number of nitrogens with two attached hydrogens (primary N) is 1. The van der Waals surface area contributed by atoms with E-state index in [-0.39, 0.29) is 5.91 Å². The number of benzene rings is 1. The summed E-state index contributed by atoms with van der Waals surface area (Å²) >= 11 is 5.86. The summed E-state index contributed by atoms with van der Waals surface area (Å²) in [5, 5.41) is 10.1. The molecule has 1 aromatic heterocycles. The number of amides is 3. The second-order valence-corrected chi connectivity index (χ2v) is 5.12. The Kier molecular flexibility index (Phi) is 3.26. The molecule has 1 aromatic carbocycles. The van der Waals surface area contributed by atoms with E-state index in [0.29, 0.717) is 35.2 Å². The smallest absolute Gasteiger partial charge is 0.315 e. The van der Waals surface area contributed by atoms with Crippen molar-refractivity contribution in [1.29, 1.82) is 0 Å². The monoisotopic (exact) mass is 305 g/mol. The Morgan fingerprint density at radius 3 is 2.90 bits per heavy atom. The molecule has 0 fully saturated rings. The van der Waals surface area contributed by atoms with E-state index in [1.807, 2.05) is 0 Å². The SMILES string of the molecule is NC(=O)N1Cc2n[nH]c(NC(=O)c3cccc(Cl)c3)c2C1. The molecule has 8 heteroatoms. The number of hydrogen-bond acceptors (Lipinski definition) is 3. The van der Waals surface area contributed by atoms with Gasteiger partial charge in [-0.2, -0.15) is 5.10 Å². The Morgan fingerprint density at radius 2 is 2.19 bits per heavy atom. The predicted octanol–water partition coefficient (Wildman–Crippen LogP) is 1.71. The molecule has 2 heterocycles. The number of halogens is 1. The number of carbonyl (C=O) groups is 2. The summed E-state index contributed by atoms with van der Waals surface area (Å²) in [4.78, 5) is 24.8. The number of nitrogens with one attached hydrogen (secondary N) is 2. The van der Waals surface area contributed by atoms with Crippen LogP contribution in [0, 0.1) is 0 Å². The van der Waals surface area contributed by atoms with Crippen LogP contribution in [0.1, 0.15) is 21.6 Å². The number of rotatable bonds is 2. The average Bonchev–Trinajstić information content (AvgIpc) is 3.01. The van der Waals surface area contributed by atoms with Crippen molar-refractivity contribution in [1.82, 2.24) is 15.1 Å². The third kappa shape index (κ3) is 2.55. The van der Waals surface area contributed by atoms with E-state index < -0.39 is 6.03 Å². The number of urea groups is 1. The van der Waals surface area contributed by atoms with Gasteiger partial charge in [-0.3, -0.25) is 9.89 Å². The molecule has 4 N–H and O–H groups in total. The lowest BCUT2D eigenvalue weighted by molar-refractivity contribution is 0.102. The van der Waals surface area contributed by atoms with Gasteiger partial charge in [-0.15, -0.1) is 0 Å². The number of fused-ring (bicyclic) bond motifs is 1. The van der Waals surface area contributed by atoms with Crippen LogP contribution in [0.4, 0.5) is 10.6 Å². The second-order valence-electron chi connectivity index (χ2n) is 4.68.